The first-order chi connectivity index (χ1) is 11.3. The lowest BCUT2D eigenvalue weighted by atomic mass is 10.0. The molecule has 1 aliphatic heterocycles. The molecule has 1 N–H and O–H groups in total. The van der Waals surface area contributed by atoms with Crippen LogP contribution in [-0.4, -0.2) is 47.6 Å². The third-order valence-electron chi connectivity index (χ3n) is 4.23. The van der Waals surface area contributed by atoms with Gasteiger partial charge in [0.15, 0.2) is 5.76 Å². The van der Waals surface area contributed by atoms with Crippen molar-refractivity contribution in [2.75, 3.05) is 12.8 Å². The third kappa shape index (κ3) is 3.22. The van der Waals surface area contributed by atoms with Gasteiger partial charge in [-0.05, 0) is 13.0 Å². The van der Waals surface area contributed by atoms with Crippen LogP contribution in [0.15, 0.2) is 23.1 Å². The molecular formula is C15H20N4O4S. The second kappa shape index (κ2) is 6.06. The number of furan rings is 1. The van der Waals surface area contributed by atoms with E-state index in [2.05, 4.69) is 9.71 Å². The SMILES string of the molecule is Cc1ccoc1C(=O)N1Cc2ncn(C)c2C[C@@H]1CNS(C)(=O)=O. The van der Waals surface area contributed by atoms with E-state index in [-0.39, 0.29) is 24.3 Å². The molecule has 1 amide bonds. The minimum atomic E-state index is -3.34. The molecule has 1 atom stereocenters. The summed E-state index contributed by atoms with van der Waals surface area (Å²) in [6.07, 6.45) is 4.81. The Morgan fingerprint density at radius 1 is 1.50 bits per heavy atom. The Labute approximate surface area is 140 Å². The molecule has 0 spiro atoms. The number of carbonyl (C=O) groups excluding carboxylic acids is 1. The zero-order valence-electron chi connectivity index (χ0n) is 13.8. The van der Waals surface area contributed by atoms with E-state index in [0.717, 1.165) is 23.2 Å². The maximum absolute atomic E-state index is 12.9. The van der Waals surface area contributed by atoms with Gasteiger partial charge in [0.25, 0.3) is 5.91 Å². The van der Waals surface area contributed by atoms with E-state index in [4.69, 9.17) is 4.42 Å². The average Bonchev–Trinajstić information content (AvgIpc) is 3.09. The van der Waals surface area contributed by atoms with Crippen LogP contribution in [-0.2, 0) is 30.0 Å². The Kier molecular flexibility index (Phi) is 4.22. The van der Waals surface area contributed by atoms with Crippen molar-refractivity contribution in [1.82, 2.24) is 19.2 Å². The molecule has 0 fully saturated rings. The van der Waals surface area contributed by atoms with Crippen molar-refractivity contribution in [3.8, 4) is 0 Å². The number of fused-ring (bicyclic) bond motifs is 1. The fourth-order valence-electron chi connectivity index (χ4n) is 2.91. The lowest BCUT2D eigenvalue weighted by molar-refractivity contribution is 0.0604. The normalized spacial score (nSPS) is 17.8. The maximum Gasteiger partial charge on any atom is 0.290 e. The van der Waals surface area contributed by atoms with Gasteiger partial charge in [0.1, 0.15) is 0 Å². The molecule has 0 bridgehead atoms. The molecule has 130 valence electrons. The molecule has 0 aliphatic carbocycles. The summed E-state index contributed by atoms with van der Waals surface area (Å²) in [5.74, 6) is 0.0211. The number of imidazole rings is 1. The summed E-state index contributed by atoms with van der Waals surface area (Å²) in [6.45, 7) is 2.27. The van der Waals surface area contributed by atoms with Crippen LogP contribution >= 0.6 is 0 Å². The highest BCUT2D eigenvalue weighted by molar-refractivity contribution is 7.88. The van der Waals surface area contributed by atoms with Gasteiger partial charge in [-0.2, -0.15) is 0 Å². The fourth-order valence-corrected chi connectivity index (χ4v) is 3.41. The fraction of sp³-hybridized carbons (Fsp3) is 0.467. The lowest BCUT2D eigenvalue weighted by Gasteiger charge is -2.35. The van der Waals surface area contributed by atoms with E-state index >= 15 is 0 Å². The molecular weight excluding hydrogens is 332 g/mol. The summed E-state index contributed by atoms with van der Waals surface area (Å²) in [4.78, 5) is 18.8. The molecule has 3 heterocycles. The van der Waals surface area contributed by atoms with Gasteiger partial charge in [-0.25, -0.2) is 18.1 Å². The van der Waals surface area contributed by atoms with Crippen molar-refractivity contribution >= 4 is 15.9 Å². The highest BCUT2D eigenvalue weighted by Crippen LogP contribution is 2.25. The van der Waals surface area contributed by atoms with Crippen molar-refractivity contribution in [1.29, 1.82) is 0 Å². The van der Waals surface area contributed by atoms with Gasteiger partial charge in [0.05, 0.1) is 37.1 Å². The lowest BCUT2D eigenvalue weighted by Crippen LogP contribution is -2.50. The zero-order chi connectivity index (χ0) is 17.5. The van der Waals surface area contributed by atoms with Gasteiger partial charge in [0, 0.05) is 31.3 Å². The number of nitrogens with zero attached hydrogens (tertiary/aromatic N) is 3. The number of hydrogen-bond donors (Lipinski definition) is 1. The van der Waals surface area contributed by atoms with Gasteiger partial charge >= 0.3 is 0 Å². The molecule has 2 aromatic rings. The molecule has 9 heteroatoms. The second-order valence-electron chi connectivity index (χ2n) is 6.09. The number of aromatic nitrogens is 2. The Morgan fingerprint density at radius 3 is 2.88 bits per heavy atom. The Morgan fingerprint density at radius 2 is 2.25 bits per heavy atom. The molecule has 0 aromatic carbocycles. The smallest absolute Gasteiger partial charge is 0.290 e. The van der Waals surface area contributed by atoms with Crippen molar-refractivity contribution in [3.05, 3.63) is 41.4 Å². The van der Waals surface area contributed by atoms with Gasteiger partial charge in [-0.1, -0.05) is 0 Å². The maximum atomic E-state index is 12.9. The molecule has 24 heavy (non-hydrogen) atoms. The number of sulfonamides is 1. The van der Waals surface area contributed by atoms with E-state index in [1.165, 1.54) is 6.26 Å². The summed E-state index contributed by atoms with van der Waals surface area (Å²) in [5, 5.41) is 0. The number of carbonyl (C=O) groups is 1. The Hall–Kier alpha value is -2.13. The first-order valence-electron chi connectivity index (χ1n) is 7.55. The minimum Gasteiger partial charge on any atom is -0.459 e. The quantitative estimate of drug-likeness (QED) is 0.861. The van der Waals surface area contributed by atoms with E-state index < -0.39 is 10.0 Å². The van der Waals surface area contributed by atoms with Crippen LogP contribution in [0.25, 0.3) is 0 Å². The van der Waals surface area contributed by atoms with Crippen LogP contribution in [0.3, 0.4) is 0 Å². The van der Waals surface area contributed by atoms with Crippen molar-refractivity contribution < 1.29 is 17.6 Å². The third-order valence-corrected chi connectivity index (χ3v) is 4.92. The predicted octanol–water partition coefficient (Wildman–Crippen LogP) is 0.438. The minimum absolute atomic E-state index is 0.148. The summed E-state index contributed by atoms with van der Waals surface area (Å²) in [7, 11) is -1.45. The van der Waals surface area contributed by atoms with Crippen LogP contribution in [0, 0.1) is 6.92 Å². The number of aryl methyl sites for hydroxylation is 2. The number of rotatable bonds is 4. The standard InChI is InChI=1S/C15H20N4O4S/c1-10-4-5-23-14(10)15(20)19-8-12-13(18(2)9-16-12)6-11(19)7-17-24(3,21)22/h4-5,9,11,17H,6-8H2,1-3H3/t11-/m1/s1. The van der Waals surface area contributed by atoms with Gasteiger partial charge in [-0.15, -0.1) is 0 Å². The Balaban J connectivity index is 1.91. The van der Waals surface area contributed by atoms with Gasteiger partial charge < -0.3 is 13.9 Å². The molecule has 0 unspecified atom stereocenters. The molecule has 3 rings (SSSR count). The monoisotopic (exact) mass is 352 g/mol. The van der Waals surface area contributed by atoms with E-state index in [9.17, 15) is 13.2 Å². The molecule has 8 nitrogen and oxygen atoms in total. The molecule has 0 radical (unpaired) electrons. The summed E-state index contributed by atoms with van der Waals surface area (Å²) in [5.41, 5.74) is 2.59. The second-order valence-corrected chi connectivity index (χ2v) is 7.93. The van der Waals surface area contributed by atoms with Crippen LogP contribution in [0.2, 0.25) is 0 Å². The van der Waals surface area contributed by atoms with Gasteiger partial charge in [0.2, 0.25) is 10.0 Å². The molecule has 0 saturated carbocycles. The average molecular weight is 352 g/mol. The van der Waals surface area contributed by atoms with Gasteiger partial charge in [-0.3, -0.25) is 4.79 Å². The Bertz CT molecular complexity index is 868. The number of nitrogens with one attached hydrogen (secondary N) is 1. The van der Waals surface area contributed by atoms with E-state index in [1.807, 2.05) is 11.6 Å². The van der Waals surface area contributed by atoms with E-state index in [0.29, 0.717) is 13.0 Å². The number of amides is 1. The number of hydrogen-bond acceptors (Lipinski definition) is 5. The summed E-state index contributed by atoms with van der Waals surface area (Å²) < 4.78 is 32.6. The summed E-state index contributed by atoms with van der Waals surface area (Å²) >= 11 is 0. The van der Waals surface area contributed by atoms with Crippen molar-refractivity contribution in [3.63, 3.8) is 0 Å². The highest BCUT2D eigenvalue weighted by atomic mass is 32.2. The van der Waals surface area contributed by atoms with Crippen LogP contribution in [0.4, 0.5) is 0 Å². The molecule has 1 aliphatic rings. The predicted molar refractivity (Wildman–Crippen MR) is 86.9 cm³/mol. The highest BCUT2D eigenvalue weighted by Gasteiger charge is 2.34. The van der Waals surface area contributed by atoms with Crippen LogP contribution in [0.1, 0.15) is 27.5 Å². The molecule has 2 aromatic heterocycles. The first kappa shape index (κ1) is 16.7. The largest absolute Gasteiger partial charge is 0.459 e. The summed E-state index contributed by atoms with van der Waals surface area (Å²) in [6, 6.07) is 1.42. The van der Waals surface area contributed by atoms with Crippen LogP contribution < -0.4 is 4.72 Å². The van der Waals surface area contributed by atoms with Crippen molar-refractivity contribution in [2.24, 2.45) is 7.05 Å². The molecule has 0 saturated heterocycles. The van der Waals surface area contributed by atoms with Crippen LogP contribution in [0.5, 0.6) is 0 Å². The first-order valence-corrected chi connectivity index (χ1v) is 9.44. The topological polar surface area (TPSA) is 97.4 Å². The van der Waals surface area contributed by atoms with E-state index in [1.54, 1.807) is 24.2 Å². The zero-order valence-corrected chi connectivity index (χ0v) is 14.6. The van der Waals surface area contributed by atoms with Crippen molar-refractivity contribution in [2.45, 2.75) is 25.9 Å².